The van der Waals surface area contributed by atoms with Crippen LogP contribution in [0.3, 0.4) is 0 Å². The van der Waals surface area contributed by atoms with E-state index in [4.69, 9.17) is 11.6 Å². The number of benzene rings is 2. The van der Waals surface area contributed by atoms with Gasteiger partial charge in [0, 0.05) is 30.2 Å². The van der Waals surface area contributed by atoms with Gasteiger partial charge in [-0.05, 0) is 42.0 Å². The molecule has 30 heavy (non-hydrogen) atoms. The smallest absolute Gasteiger partial charge is 0.268 e. The lowest BCUT2D eigenvalue weighted by Gasteiger charge is -2.22. The van der Waals surface area contributed by atoms with Crippen LogP contribution in [-0.4, -0.2) is 43.7 Å². The number of sulfonamides is 1. The molecule has 0 bridgehead atoms. The van der Waals surface area contributed by atoms with Gasteiger partial charge in [0.05, 0.1) is 11.9 Å². The highest BCUT2D eigenvalue weighted by molar-refractivity contribution is 7.92. The third kappa shape index (κ3) is 4.89. The fraction of sp³-hybridized carbons (Fsp3) is 0.263. The Hall–Kier alpha value is -2.69. The Morgan fingerprint density at radius 1 is 1.30 bits per heavy atom. The maximum absolute atomic E-state index is 13.4. The molecule has 0 unspecified atom stereocenters. The first-order chi connectivity index (χ1) is 14.0. The number of hydrogen-bond acceptors (Lipinski definition) is 5. The molecule has 0 aliphatic carbocycles. The van der Waals surface area contributed by atoms with Gasteiger partial charge in [-0.2, -0.15) is 0 Å². The zero-order valence-corrected chi connectivity index (χ0v) is 17.4. The number of aliphatic hydroxyl groups is 1. The van der Waals surface area contributed by atoms with Crippen molar-refractivity contribution >= 4 is 44.8 Å². The molecule has 2 aromatic carbocycles. The lowest BCUT2D eigenvalue weighted by molar-refractivity contribution is -0.149. The molecular formula is C19H19ClFN3O5S. The van der Waals surface area contributed by atoms with Crippen LogP contribution in [0.2, 0.25) is 5.02 Å². The maximum Gasteiger partial charge on any atom is 0.268 e. The van der Waals surface area contributed by atoms with E-state index >= 15 is 0 Å². The Kier molecular flexibility index (Phi) is 6.02. The molecule has 0 aromatic heterocycles. The van der Waals surface area contributed by atoms with Crippen molar-refractivity contribution in [1.82, 2.24) is 5.32 Å². The van der Waals surface area contributed by atoms with Gasteiger partial charge in [0.1, 0.15) is 5.82 Å². The van der Waals surface area contributed by atoms with Crippen molar-refractivity contribution in [2.75, 3.05) is 22.4 Å². The van der Waals surface area contributed by atoms with Crippen molar-refractivity contribution in [3.63, 3.8) is 0 Å². The quantitative estimate of drug-likeness (QED) is 0.572. The number of anilines is 2. The second kappa shape index (κ2) is 8.21. The van der Waals surface area contributed by atoms with Gasteiger partial charge in [0.2, 0.25) is 15.6 Å². The molecule has 11 heteroatoms. The van der Waals surface area contributed by atoms with Crippen molar-refractivity contribution in [3.8, 4) is 0 Å². The summed E-state index contributed by atoms with van der Waals surface area (Å²) in [6.45, 7) is -0.0729. The average Bonchev–Trinajstić information content (AvgIpc) is 2.94. The highest BCUT2D eigenvalue weighted by Gasteiger charge is 2.51. The lowest BCUT2D eigenvalue weighted by atomic mass is 10.0. The number of carbonyl (C=O) groups is 2. The zero-order valence-electron chi connectivity index (χ0n) is 15.9. The summed E-state index contributed by atoms with van der Waals surface area (Å²) in [4.78, 5) is 26.5. The second-order valence-electron chi connectivity index (χ2n) is 6.95. The first-order valence-electron chi connectivity index (χ1n) is 8.83. The van der Waals surface area contributed by atoms with Crippen LogP contribution < -0.4 is 14.9 Å². The monoisotopic (exact) mass is 455 g/mol. The summed E-state index contributed by atoms with van der Waals surface area (Å²) >= 11 is 5.78. The van der Waals surface area contributed by atoms with Crippen LogP contribution in [0.1, 0.15) is 12.0 Å². The van der Waals surface area contributed by atoms with Crippen molar-refractivity contribution in [2.24, 2.45) is 0 Å². The molecule has 1 fully saturated rings. The molecule has 2 aromatic rings. The predicted molar refractivity (Wildman–Crippen MR) is 110 cm³/mol. The molecule has 2 amide bonds. The first-order valence-corrected chi connectivity index (χ1v) is 11.1. The van der Waals surface area contributed by atoms with E-state index in [0.29, 0.717) is 11.3 Å². The molecular weight excluding hydrogens is 437 g/mol. The molecule has 0 spiro atoms. The summed E-state index contributed by atoms with van der Waals surface area (Å²) in [7, 11) is -3.51. The number of nitrogens with zero attached hydrogens (tertiary/aromatic N) is 1. The van der Waals surface area contributed by atoms with Crippen molar-refractivity contribution in [1.29, 1.82) is 0 Å². The molecule has 160 valence electrons. The molecule has 0 radical (unpaired) electrons. The fourth-order valence-corrected chi connectivity index (χ4v) is 3.95. The van der Waals surface area contributed by atoms with E-state index in [1.807, 2.05) is 0 Å². The Morgan fingerprint density at radius 3 is 2.70 bits per heavy atom. The summed E-state index contributed by atoms with van der Waals surface area (Å²) in [6.07, 6.45) is 0.834. The van der Waals surface area contributed by atoms with Gasteiger partial charge in [-0.1, -0.05) is 17.7 Å². The molecule has 0 saturated carbocycles. The van der Waals surface area contributed by atoms with Crippen LogP contribution in [-0.2, 0) is 26.2 Å². The normalized spacial score (nSPS) is 19.1. The number of halogens is 2. The summed E-state index contributed by atoms with van der Waals surface area (Å²) in [6, 6.07) is 9.79. The Morgan fingerprint density at radius 2 is 2.03 bits per heavy atom. The van der Waals surface area contributed by atoms with E-state index in [1.54, 1.807) is 12.1 Å². The Balaban J connectivity index is 1.73. The van der Waals surface area contributed by atoms with E-state index in [9.17, 15) is 27.5 Å². The van der Waals surface area contributed by atoms with Crippen molar-refractivity contribution < 1.29 is 27.5 Å². The number of nitrogens with one attached hydrogen (secondary N) is 2. The topological polar surface area (TPSA) is 116 Å². The van der Waals surface area contributed by atoms with Crippen LogP contribution in [0.15, 0.2) is 42.5 Å². The first kappa shape index (κ1) is 22.0. The van der Waals surface area contributed by atoms with Crippen LogP contribution >= 0.6 is 11.6 Å². The van der Waals surface area contributed by atoms with Crippen molar-refractivity contribution in [2.45, 2.75) is 18.6 Å². The summed E-state index contributed by atoms with van der Waals surface area (Å²) in [5.41, 5.74) is -1.35. The van der Waals surface area contributed by atoms with Gasteiger partial charge in [-0.3, -0.25) is 14.3 Å². The van der Waals surface area contributed by atoms with Gasteiger partial charge in [0.15, 0.2) is 0 Å². The van der Waals surface area contributed by atoms with Gasteiger partial charge < -0.3 is 15.3 Å². The molecule has 1 heterocycles. The molecule has 3 N–H and O–H groups in total. The van der Waals surface area contributed by atoms with Gasteiger partial charge in [-0.15, -0.1) is 0 Å². The summed E-state index contributed by atoms with van der Waals surface area (Å²) in [5.74, 6) is -2.33. The largest absolute Gasteiger partial charge is 0.372 e. The highest BCUT2D eigenvalue weighted by atomic mass is 35.5. The summed E-state index contributed by atoms with van der Waals surface area (Å²) < 4.78 is 38.5. The van der Waals surface area contributed by atoms with E-state index in [0.717, 1.165) is 12.3 Å². The van der Waals surface area contributed by atoms with Gasteiger partial charge in [-0.25, -0.2) is 12.8 Å². The van der Waals surface area contributed by atoms with Crippen LogP contribution in [0.4, 0.5) is 15.8 Å². The number of carbonyl (C=O) groups excluding carboxylic acids is 2. The van der Waals surface area contributed by atoms with Crippen LogP contribution in [0, 0.1) is 5.82 Å². The van der Waals surface area contributed by atoms with E-state index in [-0.39, 0.29) is 30.2 Å². The van der Waals surface area contributed by atoms with Gasteiger partial charge in [0.25, 0.3) is 11.8 Å². The predicted octanol–water partition coefficient (Wildman–Crippen LogP) is 1.63. The van der Waals surface area contributed by atoms with E-state index < -0.39 is 33.3 Å². The summed E-state index contributed by atoms with van der Waals surface area (Å²) in [5, 5.41) is 13.3. The molecule has 3 rings (SSSR count). The van der Waals surface area contributed by atoms with Crippen molar-refractivity contribution in [3.05, 3.63) is 58.9 Å². The third-order valence-electron chi connectivity index (χ3n) is 4.51. The van der Waals surface area contributed by atoms with Gasteiger partial charge >= 0.3 is 0 Å². The minimum absolute atomic E-state index is 0.0525. The zero-order chi connectivity index (χ0) is 22.1. The minimum atomic E-state index is -3.51. The average molecular weight is 456 g/mol. The van der Waals surface area contributed by atoms with E-state index in [1.165, 1.54) is 29.2 Å². The second-order valence-corrected chi connectivity index (χ2v) is 9.14. The SMILES string of the molecule is CS(=O)(=O)Nc1cccc(N2CC[C@@](O)(C(=O)NCc3cc(F)cc(Cl)c3)C2=O)c1. The highest BCUT2D eigenvalue weighted by Crippen LogP contribution is 2.30. The Labute approximate surface area is 177 Å². The van der Waals surface area contributed by atoms with E-state index in [2.05, 4.69) is 10.0 Å². The molecule has 8 nitrogen and oxygen atoms in total. The number of hydrogen-bond donors (Lipinski definition) is 3. The van der Waals surface area contributed by atoms with Crippen LogP contribution in [0.5, 0.6) is 0 Å². The standard InChI is InChI=1S/C19H19ClFN3O5S/c1-30(28,29)23-15-3-2-4-16(10-15)24-6-5-19(27,18(24)26)17(25)22-11-12-7-13(20)9-14(21)8-12/h2-4,7-10,23,27H,5-6,11H2,1H3,(H,22,25)/t19-/m1/s1. The molecule has 1 aliphatic rings. The maximum atomic E-state index is 13.4. The number of amides is 2. The van der Waals surface area contributed by atoms with Crippen LogP contribution in [0.25, 0.3) is 0 Å². The number of rotatable bonds is 6. The lowest BCUT2D eigenvalue weighted by Crippen LogP contribution is -2.52. The Bertz CT molecular complexity index is 1090. The molecule has 1 atom stereocenters. The fourth-order valence-electron chi connectivity index (χ4n) is 3.16. The molecule has 1 aliphatic heterocycles. The minimum Gasteiger partial charge on any atom is -0.372 e. The third-order valence-corrected chi connectivity index (χ3v) is 5.33. The molecule has 1 saturated heterocycles.